The molecule has 7 nitrogen and oxygen atoms in total. The molecule has 0 aliphatic carbocycles. The molecule has 10 heteroatoms. The van der Waals surface area contributed by atoms with E-state index < -0.39 is 33.8 Å². The van der Waals surface area contributed by atoms with Gasteiger partial charge in [-0.25, -0.2) is 4.57 Å². The number of hydrogen-bond donors (Lipinski definition) is 1. The Labute approximate surface area is 183 Å². The Morgan fingerprint density at radius 1 is 0.939 bits per heavy atom. The largest absolute Gasteiger partial charge is 0.494 e. The fraction of sp³-hybridized carbons (Fsp3) is 0.0435. The number of pyridine rings is 1. The lowest BCUT2D eigenvalue weighted by atomic mass is 10.1. The monoisotopic (exact) mass is 453 g/mol. The van der Waals surface area contributed by atoms with E-state index in [-0.39, 0.29) is 22.0 Å². The summed E-state index contributed by atoms with van der Waals surface area (Å²) in [5, 5.41) is 22.1. The average molecular weight is 453 g/mol. The lowest BCUT2D eigenvalue weighted by molar-refractivity contribution is -0.384. The number of nitrogens with zero attached hydrogens (tertiary/aromatic N) is 3. The van der Waals surface area contributed by atoms with Crippen molar-refractivity contribution in [3.8, 4) is 11.6 Å². The topological polar surface area (TPSA) is 97.7 Å². The number of rotatable bonds is 4. The molecule has 0 unspecified atom stereocenters. The van der Waals surface area contributed by atoms with Crippen molar-refractivity contribution >= 4 is 28.4 Å². The molecule has 1 heterocycles. The number of nitro groups is 1. The number of nitro benzene ring substituents is 1. The van der Waals surface area contributed by atoms with E-state index in [1.165, 1.54) is 54.7 Å². The molecule has 33 heavy (non-hydrogen) atoms. The van der Waals surface area contributed by atoms with Gasteiger partial charge >= 0.3 is 6.18 Å². The highest BCUT2D eigenvalue weighted by Crippen LogP contribution is 2.36. The van der Waals surface area contributed by atoms with Crippen LogP contribution < -0.4 is 5.56 Å². The van der Waals surface area contributed by atoms with Crippen molar-refractivity contribution in [2.45, 2.75) is 6.18 Å². The van der Waals surface area contributed by atoms with Crippen molar-refractivity contribution in [1.82, 2.24) is 4.57 Å². The van der Waals surface area contributed by atoms with Crippen molar-refractivity contribution in [3.05, 3.63) is 104 Å². The molecule has 0 aliphatic rings. The SMILES string of the molecule is O=c1c2ccccc2c(C=Nc2ccc([N+](=O)[O-])cc2)c(O)n1-c1ccccc1C(F)(F)F. The number of aliphatic imine (C=N–C) groups is 1. The Bertz CT molecular complexity index is 1460. The van der Waals surface area contributed by atoms with Crippen molar-refractivity contribution in [3.63, 3.8) is 0 Å². The number of aromatic nitrogens is 1. The van der Waals surface area contributed by atoms with E-state index in [0.717, 1.165) is 12.1 Å². The minimum absolute atomic E-state index is 0.0144. The molecule has 4 rings (SSSR count). The van der Waals surface area contributed by atoms with Gasteiger partial charge in [-0.3, -0.25) is 19.9 Å². The molecular weight excluding hydrogens is 439 g/mol. The summed E-state index contributed by atoms with van der Waals surface area (Å²) >= 11 is 0. The van der Waals surface area contributed by atoms with Gasteiger partial charge in [0.2, 0.25) is 5.88 Å². The quantitative estimate of drug-likeness (QED) is 0.255. The van der Waals surface area contributed by atoms with Crippen LogP contribution in [0, 0.1) is 10.1 Å². The Balaban J connectivity index is 1.95. The van der Waals surface area contributed by atoms with Crippen LogP contribution in [0.5, 0.6) is 5.88 Å². The number of halogens is 3. The van der Waals surface area contributed by atoms with Crippen LogP contribution in [-0.4, -0.2) is 20.8 Å². The second-order valence-electron chi connectivity index (χ2n) is 6.97. The number of hydrogen-bond acceptors (Lipinski definition) is 5. The number of non-ortho nitro benzene ring substituents is 1. The zero-order chi connectivity index (χ0) is 23.8. The fourth-order valence-electron chi connectivity index (χ4n) is 3.42. The normalized spacial score (nSPS) is 11.8. The predicted molar refractivity (Wildman–Crippen MR) is 117 cm³/mol. The van der Waals surface area contributed by atoms with Gasteiger partial charge in [0.25, 0.3) is 11.2 Å². The van der Waals surface area contributed by atoms with E-state index in [9.17, 15) is 33.2 Å². The van der Waals surface area contributed by atoms with Gasteiger partial charge in [-0.15, -0.1) is 0 Å². The first kappa shape index (κ1) is 21.8. The summed E-state index contributed by atoms with van der Waals surface area (Å²) in [6.45, 7) is 0. The summed E-state index contributed by atoms with van der Waals surface area (Å²) in [7, 11) is 0. The summed E-state index contributed by atoms with van der Waals surface area (Å²) in [5.74, 6) is -0.721. The van der Waals surface area contributed by atoms with Crippen LogP contribution in [0.3, 0.4) is 0 Å². The van der Waals surface area contributed by atoms with E-state index in [2.05, 4.69) is 4.99 Å². The van der Waals surface area contributed by atoms with Crippen molar-refractivity contribution < 1.29 is 23.2 Å². The highest BCUT2D eigenvalue weighted by atomic mass is 19.4. The Morgan fingerprint density at radius 3 is 2.18 bits per heavy atom. The highest BCUT2D eigenvalue weighted by molar-refractivity contribution is 6.02. The number of aromatic hydroxyl groups is 1. The third-order valence-corrected chi connectivity index (χ3v) is 4.96. The van der Waals surface area contributed by atoms with Crippen LogP contribution in [-0.2, 0) is 6.18 Å². The lowest BCUT2D eigenvalue weighted by Gasteiger charge is -2.18. The Morgan fingerprint density at radius 2 is 1.55 bits per heavy atom. The Kier molecular flexibility index (Phi) is 5.42. The van der Waals surface area contributed by atoms with Gasteiger partial charge in [0.05, 0.1) is 27.4 Å². The van der Waals surface area contributed by atoms with Crippen LogP contribution in [0.15, 0.2) is 82.6 Å². The summed E-state index contributed by atoms with van der Waals surface area (Å²) in [4.78, 5) is 27.5. The van der Waals surface area contributed by atoms with E-state index in [0.29, 0.717) is 10.3 Å². The maximum Gasteiger partial charge on any atom is 0.418 e. The van der Waals surface area contributed by atoms with Gasteiger partial charge < -0.3 is 5.11 Å². The predicted octanol–water partition coefficient (Wildman–Crippen LogP) is 5.37. The smallest absolute Gasteiger partial charge is 0.418 e. The van der Waals surface area contributed by atoms with Crippen LogP contribution >= 0.6 is 0 Å². The number of fused-ring (bicyclic) bond motifs is 1. The van der Waals surface area contributed by atoms with Crippen LogP contribution in [0.1, 0.15) is 11.1 Å². The molecule has 1 N–H and O–H groups in total. The fourth-order valence-corrected chi connectivity index (χ4v) is 3.42. The van der Waals surface area contributed by atoms with Crippen molar-refractivity contribution in [2.24, 2.45) is 4.99 Å². The number of benzene rings is 3. The molecule has 0 atom stereocenters. The Hall–Kier alpha value is -4.47. The highest BCUT2D eigenvalue weighted by Gasteiger charge is 2.34. The minimum Gasteiger partial charge on any atom is -0.494 e. The molecule has 0 bridgehead atoms. The molecular formula is C23H14F3N3O4. The van der Waals surface area contributed by atoms with Gasteiger partial charge in [-0.1, -0.05) is 30.3 Å². The molecule has 4 aromatic rings. The van der Waals surface area contributed by atoms with E-state index in [4.69, 9.17) is 0 Å². The van der Waals surface area contributed by atoms with Crippen LogP contribution in [0.25, 0.3) is 16.5 Å². The zero-order valence-electron chi connectivity index (χ0n) is 16.7. The number of alkyl halides is 3. The third kappa shape index (κ3) is 4.05. The first-order valence-corrected chi connectivity index (χ1v) is 9.50. The second kappa shape index (κ2) is 8.23. The van der Waals surface area contributed by atoms with Crippen LogP contribution in [0.4, 0.5) is 24.5 Å². The van der Waals surface area contributed by atoms with Gasteiger partial charge in [0, 0.05) is 29.1 Å². The molecule has 3 aromatic carbocycles. The van der Waals surface area contributed by atoms with Gasteiger partial charge in [-0.05, 0) is 30.3 Å². The molecule has 0 fully saturated rings. The standard InChI is InChI=1S/C23H14F3N3O4/c24-23(25,26)19-7-3-4-8-20(19)28-21(30)17-6-2-1-5-16(17)18(22(28)31)13-27-14-9-11-15(12-10-14)29(32)33/h1-13,31H. The van der Waals surface area contributed by atoms with Crippen LogP contribution in [0.2, 0.25) is 0 Å². The second-order valence-corrected chi connectivity index (χ2v) is 6.97. The average Bonchev–Trinajstić information content (AvgIpc) is 2.79. The van der Waals surface area contributed by atoms with E-state index in [1.54, 1.807) is 12.1 Å². The maximum atomic E-state index is 13.6. The first-order chi connectivity index (χ1) is 15.7. The molecule has 1 aromatic heterocycles. The van der Waals surface area contributed by atoms with Gasteiger partial charge in [0.1, 0.15) is 0 Å². The van der Waals surface area contributed by atoms with Crippen molar-refractivity contribution in [1.29, 1.82) is 0 Å². The summed E-state index contributed by atoms with van der Waals surface area (Å²) in [6.07, 6.45) is -3.56. The lowest BCUT2D eigenvalue weighted by Crippen LogP contribution is -2.23. The number of para-hydroxylation sites is 1. The maximum absolute atomic E-state index is 13.6. The molecule has 0 saturated heterocycles. The molecule has 0 amide bonds. The third-order valence-electron chi connectivity index (χ3n) is 4.96. The summed E-state index contributed by atoms with van der Waals surface area (Å²) in [5.41, 5.74) is -2.26. The molecule has 166 valence electrons. The minimum atomic E-state index is -4.76. The van der Waals surface area contributed by atoms with Gasteiger partial charge in [0.15, 0.2) is 0 Å². The molecule has 0 radical (unpaired) electrons. The van der Waals surface area contributed by atoms with Gasteiger partial charge in [-0.2, -0.15) is 13.2 Å². The summed E-state index contributed by atoms with van der Waals surface area (Å²) < 4.78 is 41.4. The summed E-state index contributed by atoms with van der Waals surface area (Å²) in [6, 6.07) is 15.8. The first-order valence-electron chi connectivity index (χ1n) is 9.50. The van der Waals surface area contributed by atoms with Crippen molar-refractivity contribution in [2.75, 3.05) is 0 Å². The molecule has 0 spiro atoms. The molecule has 0 saturated carbocycles. The van der Waals surface area contributed by atoms with E-state index >= 15 is 0 Å². The van der Waals surface area contributed by atoms with E-state index in [1.807, 2.05) is 0 Å². The zero-order valence-corrected chi connectivity index (χ0v) is 16.7. The molecule has 0 aliphatic heterocycles.